The zero-order valence-electron chi connectivity index (χ0n) is 16.6. The van der Waals surface area contributed by atoms with Crippen LogP contribution in [0.25, 0.3) is 5.70 Å². The van der Waals surface area contributed by atoms with Crippen molar-refractivity contribution in [1.82, 2.24) is 5.48 Å². The third-order valence-electron chi connectivity index (χ3n) is 5.11. The number of carbonyl (C=O) groups excluding carboxylic acids is 3. The molecule has 1 aliphatic carbocycles. The first-order valence-electron chi connectivity index (χ1n) is 9.49. The van der Waals surface area contributed by atoms with Crippen molar-refractivity contribution in [3.8, 4) is 0 Å². The van der Waals surface area contributed by atoms with Gasteiger partial charge in [-0.1, -0.05) is 18.5 Å². The van der Waals surface area contributed by atoms with E-state index in [0.29, 0.717) is 6.42 Å². The highest BCUT2D eigenvalue weighted by atomic mass is 35.5. The fraction of sp³-hybridized carbons (Fsp3) is 0.450. The predicted molar refractivity (Wildman–Crippen MR) is 109 cm³/mol. The Morgan fingerprint density at radius 1 is 1.27 bits per heavy atom. The largest absolute Gasteiger partial charge is 0.382 e. The van der Waals surface area contributed by atoms with Crippen LogP contribution in [0.2, 0.25) is 5.02 Å². The second kappa shape index (κ2) is 8.97. The Hall–Kier alpha value is -2.07. The molecule has 1 saturated carbocycles. The third-order valence-corrected chi connectivity index (χ3v) is 7.27. The smallest absolute Gasteiger partial charge is 0.182 e. The topological polar surface area (TPSA) is 116 Å². The van der Waals surface area contributed by atoms with Gasteiger partial charge in [0.2, 0.25) is 0 Å². The van der Waals surface area contributed by atoms with E-state index < -0.39 is 39.2 Å². The molecule has 3 rings (SSSR count). The summed E-state index contributed by atoms with van der Waals surface area (Å²) in [5.74, 6) is -3.19. The Balaban J connectivity index is 2.14. The Kier molecular flexibility index (Phi) is 6.76. The highest BCUT2D eigenvalue weighted by molar-refractivity contribution is 7.91. The Morgan fingerprint density at radius 2 is 1.93 bits per heavy atom. The molecule has 2 aliphatic rings. The lowest BCUT2D eigenvalue weighted by molar-refractivity contribution is -0.133. The van der Waals surface area contributed by atoms with E-state index in [9.17, 15) is 22.8 Å². The van der Waals surface area contributed by atoms with Crippen molar-refractivity contribution in [3.05, 3.63) is 34.4 Å². The van der Waals surface area contributed by atoms with E-state index in [4.69, 9.17) is 21.2 Å². The summed E-state index contributed by atoms with van der Waals surface area (Å²) in [4.78, 5) is 42.8. The van der Waals surface area contributed by atoms with E-state index in [2.05, 4.69) is 5.48 Å². The number of methoxy groups -OCH3 is 1. The maximum absolute atomic E-state index is 13.0. The zero-order valence-corrected chi connectivity index (χ0v) is 18.1. The van der Waals surface area contributed by atoms with Gasteiger partial charge < -0.3 is 4.74 Å². The summed E-state index contributed by atoms with van der Waals surface area (Å²) < 4.78 is 30.3. The first kappa shape index (κ1) is 22.6. The van der Waals surface area contributed by atoms with Crippen LogP contribution in [0.5, 0.6) is 0 Å². The van der Waals surface area contributed by atoms with Gasteiger partial charge in [-0.3, -0.25) is 24.7 Å². The molecule has 0 spiro atoms. The third kappa shape index (κ3) is 4.20. The van der Waals surface area contributed by atoms with Crippen LogP contribution in [-0.2, 0) is 29.0 Å². The molecule has 10 heteroatoms. The van der Waals surface area contributed by atoms with Crippen LogP contribution in [0.4, 0.5) is 0 Å². The molecule has 1 unspecified atom stereocenters. The molecule has 0 saturated heterocycles. The first-order chi connectivity index (χ1) is 14.2. The van der Waals surface area contributed by atoms with Crippen LogP contribution < -0.4 is 5.48 Å². The normalized spacial score (nSPS) is 20.2. The van der Waals surface area contributed by atoms with E-state index in [1.54, 1.807) is 6.08 Å². The number of rotatable bonds is 7. The number of ketones is 3. The van der Waals surface area contributed by atoms with Crippen LogP contribution in [0.3, 0.4) is 0 Å². The maximum Gasteiger partial charge on any atom is 0.182 e. The maximum atomic E-state index is 13.0. The van der Waals surface area contributed by atoms with Crippen molar-refractivity contribution >= 4 is 44.5 Å². The van der Waals surface area contributed by atoms with Gasteiger partial charge >= 0.3 is 0 Å². The standard InChI is InChI=1S/C20H22ClNO7S/c1-3-30(26,27)16-8-7-12(20(25)18-14(23)5-4-6-15(18)24)19(21)17(16)13-9-11(10-28-2)29-22-13/h7-9,11,18,22H,3-6,10H2,1-2H3. The van der Waals surface area contributed by atoms with Gasteiger partial charge in [-0.2, -0.15) is 0 Å². The molecule has 0 radical (unpaired) electrons. The van der Waals surface area contributed by atoms with E-state index >= 15 is 0 Å². The molecule has 30 heavy (non-hydrogen) atoms. The van der Waals surface area contributed by atoms with E-state index in [-0.39, 0.29) is 51.9 Å². The van der Waals surface area contributed by atoms with E-state index in [1.165, 1.54) is 26.2 Å². The Bertz CT molecular complexity index is 1020. The fourth-order valence-corrected chi connectivity index (χ4v) is 5.07. The molecule has 0 bridgehead atoms. The molecule has 1 atom stereocenters. The van der Waals surface area contributed by atoms with Gasteiger partial charge in [0.05, 0.1) is 28.0 Å². The number of carbonyl (C=O) groups is 3. The monoisotopic (exact) mass is 455 g/mol. The van der Waals surface area contributed by atoms with Gasteiger partial charge in [0.15, 0.2) is 27.2 Å². The first-order valence-corrected chi connectivity index (χ1v) is 11.5. The van der Waals surface area contributed by atoms with Crippen molar-refractivity contribution in [3.63, 3.8) is 0 Å². The SMILES string of the molecule is CCS(=O)(=O)c1ccc(C(=O)C2C(=O)CCCC2=O)c(Cl)c1C1=CC(COC)ON1. The molecule has 162 valence electrons. The molecule has 1 N–H and O–H groups in total. The molecule has 8 nitrogen and oxygen atoms in total. The molecule has 1 fully saturated rings. The van der Waals surface area contributed by atoms with Crippen molar-refractivity contribution in [2.75, 3.05) is 19.5 Å². The summed E-state index contributed by atoms with van der Waals surface area (Å²) >= 11 is 6.52. The van der Waals surface area contributed by atoms with Crippen LogP contribution in [0.1, 0.15) is 42.1 Å². The van der Waals surface area contributed by atoms with Crippen LogP contribution in [-0.4, -0.2) is 51.3 Å². The average Bonchev–Trinajstić information content (AvgIpc) is 3.15. The number of hydrogen-bond acceptors (Lipinski definition) is 8. The molecule has 0 amide bonds. The van der Waals surface area contributed by atoms with E-state index in [0.717, 1.165) is 0 Å². The van der Waals surface area contributed by atoms with Gasteiger partial charge in [-0.05, 0) is 24.6 Å². The highest BCUT2D eigenvalue weighted by Crippen LogP contribution is 2.36. The minimum atomic E-state index is -3.70. The fourth-order valence-electron chi connectivity index (χ4n) is 3.54. The zero-order chi connectivity index (χ0) is 22.1. The lowest BCUT2D eigenvalue weighted by Crippen LogP contribution is -2.35. The summed E-state index contributed by atoms with van der Waals surface area (Å²) in [6.45, 7) is 1.71. The Morgan fingerprint density at radius 3 is 2.53 bits per heavy atom. The summed E-state index contributed by atoms with van der Waals surface area (Å²) in [7, 11) is -2.21. The number of nitrogens with one attached hydrogen (secondary N) is 1. The minimum absolute atomic E-state index is 0.0682. The van der Waals surface area contributed by atoms with Gasteiger partial charge in [0.25, 0.3) is 0 Å². The number of hydrogen-bond donors (Lipinski definition) is 1. The Labute approximate surface area is 179 Å². The minimum Gasteiger partial charge on any atom is -0.382 e. The number of halogens is 1. The molecule has 1 heterocycles. The second-order valence-electron chi connectivity index (χ2n) is 7.08. The number of sulfone groups is 1. The van der Waals surface area contributed by atoms with Crippen molar-refractivity contribution < 1.29 is 32.4 Å². The molecule has 1 aromatic carbocycles. The molecular formula is C20H22ClNO7S. The van der Waals surface area contributed by atoms with E-state index in [1.807, 2.05) is 0 Å². The van der Waals surface area contributed by atoms with Gasteiger partial charge in [0, 0.05) is 31.1 Å². The van der Waals surface area contributed by atoms with Crippen molar-refractivity contribution in [2.45, 2.75) is 37.2 Å². The molecule has 0 aromatic heterocycles. The number of hydroxylamine groups is 1. The van der Waals surface area contributed by atoms with Gasteiger partial charge in [-0.15, -0.1) is 0 Å². The summed E-state index contributed by atoms with van der Waals surface area (Å²) in [5.41, 5.74) is 2.90. The van der Waals surface area contributed by atoms with Crippen LogP contribution >= 0.6 is 11.6 Å². The lowest BCUT2D eigenvalue weighted by atomic mass is 9.81. The van der Waals surface area contributed by atoms with Crippen molar-refractivity contribution in [1.29, 1.82) is 0 Å². The predicted octanol–water partition coefficient (Wildman–Crippen LogP) is 2.15. The van der Waals surface area contributed by atoms with Crippen LogP contribution in [0, 0.1) is 5.92 Å². The number of ether oxygens (including phenoxy) is 1. The van der Waals surface area contributed by atoms with Crippen LogP contribution in [0.15, 0.2) is 23.1 Å². The highest BCUT2D eigenvalue weighted by Gasteiger charge is 2.38. The summed E-state index contributed by atoms with van der Waals surface area (Å²) in [6.07, 6.45) is 1.83. The van der Waals surface area contributed by atoms with Gasteiger partial charge in [0.1, 0.15) is 12.0 Å². The number of Topliss-reactive ketones (excluding diaryl/α,β-unsaturated/α-hetero) is 3. The molecule has 1 aliphatic heterocycles. The molecule has 1 aromatic rings. The van der Waals surface area contributed by atoms with Gasteiger partial charge in [-0.25, -0.2) is 8.42 Å². The van der Waals surface area contributed by atoms with Crippen molar-refractivity contribution in [2.24, 2.45) is 5.92 Å². The summed E-state index contributed by atoms with van der Waals surface area (Å²) in [6, 6.07) is 2.53. The average molecular weight is 456 g/mol. The number of benzene rings is 1. The lowest BCUT2D eigenvalue weighted by Gasteiger charge is -2.20. The molecular weight excluding hydrogens is 434 g/mol. The quantitative estimate of drug-likeness (QED) is 0.491. The second-order valence-corrected chi connectivity index (χ2v) is 9.71. The summed E-state index contributed by atoms with van der Waals surface area (Å²) in [5, 5.41) is -0.152.